The normalized spacial score (nSPS) is 13.0. The number of nitrogens with zero attached hydrogens (tertiary/aromatic N) is 2. The Kier molecular flexibility index (Phi) is 5.69. The second-order valence-corrected chi connectivity index (χ2v) is 6.68. The lowest BCUT2D eigenvalue weighted by Crippen LogP contribution is -2.28. The van der Waals surface area contributed by atoms with Crippen LogP contribution < -0.4 is 10.6 Å². The van der Waals surface area contributed by atoms with Crippen LogP contribution in [0.4, 0.5) is 5.69 Å². The van der Waals surface area contributed by atoms with Gasteiger partial charge in [-0.3, -0.25) is 14.4 Å². The van der Waals surface area contributed by atoms with Crippen LogP contribution in [0.3, 0.4) is 0 Å². The van der Waals surface area contributed by atoms with Gasteiger partial charge in [0.2, 0.25) is 0 Å². The summed E-state index contributed by atoms with van der Waals surface area (Å²) in [6.45, 7) is 4.75. The van der Waals surface area contributed by atoms with Gasteiger partial charge in [-0.1, -0.05) is 6.92 Å². The van der Waals surface area contributed by atoms with E-state index in [1.165, 1.54) is 6.92 Å². The van der Waals surface area contributed by atoms with Crippen molar-refractivity contribution in [1.82, 2.24) is 14.9 Å². The zero-order valence-corrected chi connectivity index (χ0v) is 15.7. The van der Waals surface area contributed by atoms with Crippen molar-refractivity contribution in [2.75, 3.05) is 11.9 Å². The molecule has 7 nitrogen and oxygen atoms in total. The molecule has 0 radical (unpaired) electrons. The molecule has 1 aromatic carbocycles. The SMILES string of the molecule is CCCNC(=O)c1nc(C(=O)Nc2ccc(C(C)=O)cc2)c2n1CCCC2. The van der Waals surface area contributed by atoms with Crippen molar-refractivity contribution >= 4 is 23.3 Å². The first-order valence-corrected chi connectivity index (χ1v) is 9.31. The Bertz CT molecular complexity index is 868. The van der Waals surface area contributed by atoms with Gasteiger partial charge in [0.1, 0.15) is 0 Å². The fourth-order valence-corrected chi connectivity index (χ4v) is 3.19. The molecule has 0 fully saturated rings. The molecule has 2 heterocycles. The van der Waals surface area contributed by atoms with Crippen LogP contribution in [0.2, 0.25) is 0 Å². The number of imidazole rings is 1. The van der Waals surface area contributed by atoms with Crippen LogP contribution in [0, 0.1) is 0 Å². The number of Topliss-reactive ketones (excluding diaryl/α,β-unsaturated/α-hetero) is 1. The van der Waals surface area contributed by atoms with Crippen LogP contribution in [0.15, 0.2) is 24.3 Å². The number of fused-ring (bicyclic) bond motifs is 1. The number of benzene rings is 1. The minimum absolute atomic E-state index is 0.0289. The third-order valence-electron chi connectivity index (χ3n) is 4.62. The third-order valence-corrected chi connectivity index (χ3v) is 4.62. The summed E-state index contributed by atoms with van der Waals surface area (Å²) in [5.41, 5.74) is 2.27. The molecule has 2 amide bonds. The van der Waals surface area contributed by atoms with E-state index < -0.39 is 0 Å². The van der Waals surface area contributed by atoms with Gasteiger partial charge < -0.3 is 15.2 Å². The molecule has 2 N–H and O–H groups in total. The van der Waals surface area contributed by atoms with Gasteiger partial charge in [-0.2, -0.15) is 0 Å². The van der Waals surface area contributed by atoms with Crippen LogP contribution in [0.5, 0.6) is 0 Å². The lowest BCUT2D eigenvalue weighted by Gasteiger charge is -2.17. The lowest BCUT2D eigenvalue weighted by atomic mass is 10.1. The number of rotatable bonds is 6. The Balaban J connectivity index is 1.84. The average molecular weight is 368 g/mol. The highest BCUT2D eigenvalue weighted by molar-refractivity contribution is 6.05. The second kappa shape index (κ2) is 8.16. The van der Waals surface area contributed by atoms with Crippen molar-refractivity contribution in [2.24, 2.45) is 0 Å². The maximum absolute atomic E-state index is 12.8. The van der Waals surface area contributed by atoms with Gasteiger partial charge in [0.15, 0.2) is 17.3 Å². The first-order chi connectivity index (χ1) is 13.0. The van der Waals surface area contributed by atoms with E-state index in [1.807, 2.05) is 11.5 Å². The van der Waals surface area contributed by atoms with Gasteiger partial charge in [0.05, 0.1) is 5.69 Å². The Morgan fingerprint density at radius 2 is 1.85 bits per heavy atom. The molecule has 3 rings (SSSR count). The number of hydrogen-bond acceptors (Lipinski definition) is 4. The van der Waals surface area contributed by atoms with Crippen molar-refractivity contribution in [3.8, 4) is 0 Å². The quantitative estimate of drug-likeness (QED) is 0.767. The van der Waals surface area contributed by atoms with Gasteiger partial charge in [0, 0.05) is 24.3 Å². The van der Waals surface area contributed by atoms with Crippen molar-refractivity contribution in [2.45, 2.75) is 46.1 Å². The Morgan fingerprint density at radius 3 is 2.52 bits per heavy atom. The maximum atomic E-state index is 12.8. The van der Waals surface area contributed by atoms with Crippen molar-refractivity contribution < 1.29 is 14.4 Å². The van der Waals surface area contributed by atoms with Crippen LogP contribution in [0.1, 0.15) is 70.3 Å². The summed E-state index contributed by atoms with van der Waals surface area (Å²) < 4.78 is 1.86. The largest absolute Gasteiger partial charge is 0.349 e. The summed E-state index contributed by atoms with van der Waals surface area (Å²) in [6.07, 6.45) is 3.49. The minimum atomic E-state index is -0.342. The fourth-order valence-electron chi connectivity index (χ4n) is 3.19. The molecule has 1 aliphatic rings. The molecule has 27 heavy (non-hydrogen) atoms. The molecule has 0 aliphatic carbocycles. The standard InChI is InChI=1S/C20H24N4O3/c1-3-11-21-20(27)18-23-17(16-6-4-5-12-24(16)18)19(26)22-15-9-7-14(8-10-15)13(2)25/h7-10H,3-6,11-12H2,1-2H3,(H,21,27)(H,22,26). The Morgan fingerprint density at radius 1 is 1.11 bits per heavy atom. The van der Waals surface area contributed by atoms with Gasteiger partial charge >= 0.3 is 0 Å². The fraction of sp³-hybridized carbons (Fsp3) is 0.400. The number of anilines is 1. The summed E-state index contributed by atoms with van der Waals surface area (Å²) in [5, 5.41) is 5.64. The van der Waals surface area contributed by atoms with Crippen LogP contribution in [-0.2, 0) is 13.0 Å². The molecular weight excluding hydrogens is 344 g/mol. The Hall–Kier alpha value is -2.96. The molecule has 0 atom stereocenters. The minimum Gasteiger partial charge on any atom is -0.349 e. The number of hydrogen-bond donors (Lipinski definition) is 2. The maximum Gasteiger partial charge on any atom is 0.287 e. The molecule has 0 spiro atoms. The highest BCUT2D eigenvalue weighted by atomic mass is 16.2. The summed E-state index contributed by atoms with van der Waals surface area (Å²) in [4.78, 5) is 40.9. The first-order valence-electron chi connectivity index (χ1n) is 9.31. The van der Waals surface area contributed by atoms with Crippen molar-refractivity contribution in [1.29, 1.82) is 0 Å². The van der Waals surface area contributed by atoms with E-state index in [4.69, 9.17) is 0 Å². The molecule has 0 bridgehead atoms. The molecule has 0 unspecified atom stereocenters. The van der Waals surface area contributed by atoms with Gasteiger partial charge in [-0.15, -0.1) is 0 Å². The summed E-state index contributed by atoms with van der Waals surface area (Å²) in [7, 11) is 0. The molecule has 1 aliphatic heterocycles. The topological polar surface area (TPSA) is 93.1 Å². The van der Waals surface area contributed by atoms with E-state index in [0.29, 0.717) is 35.9 Å². The molecule has 7 heteroatoms. The second-order valence-electron chi connectivity index (χ2n) is 6.68. The number of carbonyl (C=O) groups is 3. The van der Waals surface area contributed by atoms with E-state index in [-0.39, 0.29) is 17.6 Å². The third kappa shape index (κ3) is 4.07. The van der Waals surface area contributed by atoms with E-state index >= 15 is 0 Å². The summed E-state index contributed by atoms with van der Waals surface area (Å²) in [6, 6.07) is 6.71. The van der Waals surface area contributed by atoms with Crippen molar-refractivity contribution in [3.05, 3.63) is 47.0 Å². The predicted octanol–water partition coefficient (Wildman–Crippen LogP) is 2.81. The number of ketones is 1. The highest BCUT2D eigenvalue weighted by Gasteiger charge is 2.27. The smallest absolute Gasteiger partial charge is 0.287 e. The number of amides is 2. The zero-order chi connectivity index (χ0) is 19.4. The lowest BCUT2D eigenvalue weighted by molar-refractivity contribution is 0.0937. The van der Waals surface area contributed by atoms with Crippen LogP contribution >= 0.6 is 0 Å². The number of aromatic nitrogens is 2. The zero-order valence-electron chi connectivity index (χ0n) is 15.7. The van der Waals surface area contributed by atoms with E-state index in [1.54, 1.807) is 24.3 Å². The highest BCUT2D eigenvalue weighted by Crippen LogP contribution is 2.22. The van der Waals surface area contributed by atoms with Gasteiger partial charge in [0.25, 0.3) is 11.8 Å². The monoisotopic (exact) mass is 368 g/mol. The molecule has 0 saturated heterocycles. The molecule has 0 saturated carbocycles. The van der Waals surface area contributed by atoms with E-state index in [0.717, 1.165) is 31.4 Å². The van der Waals surface area contributed by atoms with Crippen molar-refractivity contribution in [3.63, 3.8) is 0 Å². The predicted molar refractivity (Wildman–Crippen MR) is 102 cm³/mol. The number of carbonyl (C=O) groups excluding carboxylic acids is 3. The summed E-state index contributed by atoms with van der Waals surface area (Å²) >= 11 is 0. The molecule has 1 aromatic heterocycles. The van der Waals surface area contributed by atoms with Crippen LogP contribution in [0.25, 0.3) is 0 Å². The molecule has 142 valence electrons. The first kappa shape index (κ1) is 18.8. The van der Waals surface area contributed by atoms with E-state index in [9.17, 15) is 14.4 Å². The van der Waals surface area contributed by atoms with Gasteiger partial charge in [-0.05, 0) is 56.9 Å². The Labute approximate surface area is 158 Å². The van der Waals surface area contributed by atoms with E-state index in [2.05, 4.69) is 15.6 Å². The summed E-state index contributed by atoms with van der Waals surface area (Å²) in [5.74, 6) is -0.315. The van der Waals surface area contributed by atoms with Crippen LogP contribution in [-0.4, -0.2) is 33.7 Å². The number of nitrogens with one attached hydrogen (secondary N) is 2. The van der Waals surface area contributed by atoms with Gasteiger partial charge in [-0.25, -0.2) is 4.98 Å². The average Bonchev–Trinajstić information content (AvgIpc) is 3.06. The molecular formula is C20H24N4O3. The molecule has 2 aromatic rings.